The van der Waals surface area contributed by atoms with Crippen molar-refractivity contribution in [3.8, 4) is 0 Å². The molecule has 0 radical (unpaired) electrons. The van der Waals surface area contributed by atoms with Gasteiger partial charge in [-0.25, -0.2) is 9.18 Å². The Balaban J connectivity index is 2.21. The first-order valence-corrected chi connectivity index (χ1v) is 5.86. The maximum Gasteiger partial charge on any atom is 0.336 e. The number of halogens is 1. The van der Waals surface area contributed by atoms with Crippen LogP contribution in [0.4, 0.5) is 10.1 Å². The summed E-state index contributed by atoms with van der Waals surface area (Å²) in [5.74, 6) is -1.23. The van der Waals surface area contributed by atoms with Crippen LogP contribution in [-0.2, 0) is 6.54 Å². The zero-order valence-corrected chi connectivity index (χ0v) is 10.5. The zero-order valence-electron chi connectivity index (χ0n) is 10.5. The van der Waals surface area contributed by atoms with Crippen LogP contribution >= 0.6 is 0 Å². The number of nitrogens with zero attached hydrogens (tertiary/aromatic N) is 1. The van der Waals surface area contributed by atoms with E-state index in [0.29, 0.717) is 6.54 Å². The summed E-state index contributed by atoms with van der Waals surface area (Å²) in [5.41, 5.74) is 1.85. The molecule has 2 rings (SSSR count). The van der Waals surface area contributed by atoms with E-state index in [2.05, 4.69) is 0 Å². The van der Waals surface area contributed by atoms with Crippen molar-refractivity contribution in [2.75, 3.05) is 11.9 Å². The van der Waals surface area contributed by atoms with E-state index in [0.717, 1.165) is 11.3 Å². The van der Waals surface area contributed by atoms with Crippen molar-refractivity contribution in [1.82, 2.24) is 0 Å². The summed E-state index contributed by atoms with van der Waals surface area (Å²) in [4.78, 5) is 13.0. The summed E-state index contributed by atoms with van der Waals surface area (Å²) in [6, 6.07) is 13.0. The third-order valence-electron chi connectivity index (χ3n) is 2.92. The smallest absolute Gasteiger partial charge is 0.336 e. The van der Waals surface area contributed by atoms with Gasteiger partial charge in [0.05, 0.1) is 5.56 Å². The molecule has 2 aromatic carbocycles. The molecule has 0 aliphatic carbocycles. The molecule has 0 bridgehead atoms. The number of hydrogen-bond donors (Lipinski definition) is 1. The van der Waals surface area contributed by atoms with Crippen LogP contribution in [0.5, 0.6) is 0 Å². The van der Waals surface area contributed by atoms with Crippen LogP contribution in [-0.4, -0.2) is 18.1 Å². The monoisotopic (exact) mass is 259 g/mol. The SMILES string of the molecule is CN(Cc1ccccc1C(=O)O)c1ccc(F)cc1. The lowest BCUT2D eigenvalue weighted by Gasteiger charge is -2.20. The van der Waals surface area contributed by atoms with E-state index in [9.17, 15) is 9.18 Å². The first-order valence-electron chi connectivity index (χ1n) is 5.86. The van der Waals surface area contributed by atoms with Crippen LogP contribution in [0.3, 0.4) is 0 Å². The fourth-order valence-corrected chi connectivity index (χ4v) is 1.91. The molecule has 0 aliphatic rings. The van der Waals surface area contributed by atoms with Gasteiger partial charge in [-0.1, -0.05) is 18.2 Å². The lowest BCUT2D eigenvalue weighted by Crippen LogP contribution is -2.18. The van der Waals surface area contributed by atoms with Gasteiger partial charge in [0.2, 0.25) is 0 Å². The minimum Gasteiger partial charge on any atom is -0.478 e. The van der Waals surface area contributed by atoms with Crippen LogP contribution < -0.4 is 4.90 Å². The highest BCUT2D eigenvalue weighted by atomic mass is 19.1. The number of anilines is 1. The lowest BCUT2D eigenvalue weighted by atomic mass is 10.1. The first kappa shape index (κ1) is 13.1. The van der Waals surface area contributed by atoms with E-state index >= 15 is 0 Å². The second-order valence-corrected chi connectivity index (χ2v) is 4.29. The number of aromatic carboxylic acids is 1. The number of carboxylic acids is 1. The van der Waals surface area contributed by atoms with Crippen LogP contribution in [0, 0.1) is 5.82 Å². The molecule has 2 aromatic rings. The standard InChI is InChI=1S/C15H14FNO2/c1-17(13-8-6-12(16)7-9-13)10-11-4-2-3-5-14(11)15(18)19/h2-9H,10H2,1H3,(H,18,19). The predicted octanol–water partition coefficient (Wildman–Crippen LogP) is 3.16. The van der Waals surface area contributed by atoms with E-state index in [1.807, 2.05) is 11.9 Å². The van der Waals surface area contributed by atoms with Gasteiger partial charge in [-0.05, 0) is 35.9 Å². The molecule has 19 heavy (non-hydrogen) atoms. The van der Waals surface area contributed by atoms with E-state index in [-0.39, 0.29) is 11.4 Å². The fraction of sp³-hybridized carbons (Fsp3) is 0.133. The predicted molar refractivity (Wildman–Crippen MR) is 71.9 cm³/mol. The van der Waals surface area contributed by atoms with Gasteiger partial charge in [0, 0.05) is 19.3 Å². The second kappa shape index (κ2) is 5.52. The Morgan fingerprint density at radius 2 is 1.79 bits per heavy atom. The summed E-state index contributed by atoms with van der Waals surface area (Å²) in [6.45, 7) is 0.452. The molecule has 1 N–H and O–H groups in total. The molecule has 3 nitrogen and oxygen atoms in total. The van der Waals surface area contributed by atoms with Gasteiger partial charge >= 0.3 is 5.97 Å². The molecule has 0 saturated carbocycles. The summed E-state index contributed by atoms with van der Waals surface area (Å²) in [7, 11) is 1.84. The minimum atomic E-state index is -0.942. The van der Waals surface area contributed by atoms with E-state index in [1.165, 1.54) is 12.1 Å². The van der Waals surface area contributed by atoms with Crippen molar-refractivity contribution >= 4 is 11.7 Å². The second-order valence-electron chi connectivity index (χ2n) is 4.29. The molecule has 0 aromatic heterocycles. The van der Waals surface area contributed by atoms with Crippen LogP contribution in [0.25, 0.3) is 0 Å². The summed E-state index contributed by atoms with van der Waals surface area (Å²) in [5, 5.41) is 9.12. The van der Waals surface area contributed by atoms with Crippen molar-refractivity contribution in [2.45, 2.75) is 6.54 Å². The molecule has 0 saturated heterocycles. The van der Waals surface area contributed by atoms with Gasteiger partial charge in [0.25, 0.3) is 0 Å². The van der Waals surface area contributed by atoms with E-state index in [4.69, 9.17) is 5.11 Å². The average Bonchev–Trinajstić information content (AvgIpc) is 2.39. The normalized spacial score (nSPS) is 10.2. The van der Waals surface area contributed by atoms with Crippen molar-refractivity contribution in [1.29, 1.82) is 0 Å². The number of rotatable bonds is 4. The van der Waals surface area contributed by atoms with Crippen LogP contribution in [0.2, 0.25) is 0 Å². The van der Waals surface area contributed by atoms with E-state index < -0.39 is 5.97 Å². The van der Waals surface area contributed by atoms with Gasteiger partial charge in [-0.2, -0.15) is 0 Å². The molecule has 0 spiro atoms. The Hall–Kier alpha value is -2.36. The highest BCUT2D eigenvalue weighted by molar-refractivity contribution is 5.89. The minimum absolute atomic E-state index is 0.288. The third-order valence-corrected chi connectivity index (χ3v) is 2.92. The number of carboxylic acid groups (broad SMARTS) is 1. The molecular weight excluding hydrogens is 245 g/mol. The van der Waals surface area contributed by atoms with Gasteiger partial charge in [-0.3, -0.25) is 0 Å². The number of hydrogen-bond acceptors (Lipinski definition) is 2. The van der Waals surface area contributed by atoms with Crippen LogP contribution in [0.15, 0.2) is 48.5 Å². The summed E-state index contributed by atoms with van der Waals surface area (Å²) in [6.07, 6.45) is 0. The Kier molecular flexibility index (Phi) is 3.80. The van der Waals surface area contributed by atoms with Crippen LogP contribution in [0.1, 0.15) is 15.9 Å². The molecule has 0 fully saturated rings. The van der Waals surface area contributed by atoms with Gasteiger partial charge < -0.3 is 10.0 Å². The van der Waals surface area contributed by atoms with Gasteiger partial charge in [0.15, 0.2) is 0 Å². The molecule has 98 valence electrons. The maximum atomic E-state index is 12.9. The average molecular weight is 259 g/mol. The highest BCUT2D eigenvalue weighted by Crippen LogP contribution is 2.18. The number of benzene rings is 2. The van der Waals surface area contributed by atoms with Gasteiger partial charge in [0.1, 0.15) is 5.82 Å². The Morgan fingerprint density at radius 1 is 1.16 bits per heavy atom. The number of carbonyl (C=O) groups is 1. The molecule has 0 unspecified atom stereocenters. The van der Waals surface area contributed by atoms with Crippen molar-refractivity contribution in [3.63, 3.8) is 0 Å². The molecule has 4 heteroatoms. The maximum absolute atomic E-state index is 12.9. The van der Waals surface area contributed by atoms with Crippen molar-refractivity contribution < 1.29 is 14.3 Å². The van der Waals surface area contributed by atoms with E-state index in [1.54, 1.807) is 36.4 Å². The van der Waals surface area contributed by atoms with Crippen molar-refractivity contribution in [3.05, 3.63) is 65.5 Å². The third kappa shape index (κ3) is 3.10. The zero-order chi connectivity index (χ0) is 13.8. The molecule has 0 heterocycles. The highest BCUT2D eigenvalue weighted by Gasteiger charge is 2.11. The Morgan fingerprint density at radius 3 is 2.42 bits per heavy atom. The topological polar surface area (TPSA) is 40.5 Å². The summed E-state index contributed by atoms with van der Waals surface area (Å²) < 4.78 is 12.9. The molecule has 0 amide bonds. The Labute approximate surface area is 110 Å². The molecule has 0 aliphatic heterocycles. The molecular formula is C15H14FNO2. The first-order chi connectivity index (χ1) is 9.08. The lowest BCUT2D eigenvalue weighted by molar-refractivity contribution is 0.0695. The fourth-order valence-electron chi connectivity index (χ4n) is 1.91. The molecule has 0 atom stereocenters. The van der Waals surface area contributed by atoms with Crippen molar-refractivity contribution in [2.24, 2.45) is 0 Å². The Bertz CT molecular complexity index is 581. The quantitative estimate of drug-likeness (QED) is 0.916. The largest absolute Gasteiger partial charge is 0.478 e. The summed E-state index contributed by atoms with van der Waals surface area (Å²) >= 11 is 0. The van der Waals surface area contributed by atoms with Gasteiger partial charge in [-0.15, -0.1) is 0 Å².